The van der Waals surface area contributed by atoms with Crippen LogP contribution in [0.1, 0.15) is 39.4 Å². The molecule has 0 aliphatic rings. The normalized spacial score (nSPS) is 11.8. The molecule has 6 nitrogen and oxygen atoms in total. The Balaban J connectivity index is 2.87. The van der Waals surface area contributed by atoms with E-state index in [0.29, 0.717) is 12.2 Å². The summed E-state index contributed by atoms with van der Waals surface area (Å²) in [4.78, 5) is 15.9. The minimum atomic E-state index is -3.87. The molecule has 0 aliphatic carbocycles. The van der Waals surface area contributed by atoms with Crippen LogP contribution in [0.15, 0.2) is 11.2 Å². The molecule has 0 saturated heterocycles. The Kier molecular flexibility index (Phi) is 6.01. The van der Waals surface area contributed by atoms with Crippen LogP contribution < -0.4 is 5.32 Å². The number of carbonyl (C=O) groups is 1. The second-order valence-corrected chi connectivity index (χ2v) is 7.01. The minimum absolute atomic E-state index is 0.0408. The van der Waals surface area contributed by atoms with Crippen molar-refractivity contribution in [1.29, 1.82) is 0 Å². The van der Waals surface area contributed by atoms with Crippen LogP contribution in [0.3, 0.4) is 0 Å². The number of rotatable bonds is 7. The molecule has 1 N–H and O–H groups in total. The van der Waals surface area contributed by atoms with Crippen LogP contribution in [0.2, 0.25) is 0 Å². The number of aryl methyl sites for hydroxylation is 1. The highest BCUT2D eigenvalue weighted by atomic mass is 35.7. The molecule has 0 saturated carbocycles. The van der Waals surface area contributed by atoms with E-state index in [2.05, 4.69) is 10.3 Å². The van der Waals surface area contributed by atoms with Crippen molar-refractivity contribution in [3.05, 3.63) is 12.0 Å². The fraction of sp³-hybridized carbons (Fsp3) is 0.667. The lowest BCUT2D eigenvalue weighted by atomic mass is 10.2. The molecule has 1 aromatic heterocycles. The van der Waals surface area contributed by atoms with Gasteiger partial charge in [-0.25, -0.2) is 13.4 Å². The van der Waals surface area contributed by atoms with Gasteiger partial charge in [0.05, 0.1) is 0 Å². The van der Waals surface area contributed by atoms with Gasteiger partial charge in [-0.1, -0.05) is 20.8 Å². The second kappa shape index (κ2) is 7.08. The molecule has 1 aromatic rings. The third-order valence-corrected chi connectivity index (χ3v) is 4.24. The molecule has 0 radical (unpaired) electrons. The minimum Gasteiger partial charge on any atom is -0.352 e. The van der Waals surface area contributed by atoms with Gasteiger partial charge in [-0.3, -0.25) is 4.79 Å². The van der Waals surface area contributed by atoms with Crippen molar-refractivity contribution in [2.24, 2.45) is 0 Å². The van der Waals surface area contributed by atoms with E-state index in [-0.39, 0.29) is 23.5 Å². The predicted octanol–water partition coefficient (Wildman–Crippen LogP) is 1.68. The number of carbonyl (C=O) groups excluding carboxylic acids is 1. The molecular weight excluding hydrogens is 302 g/mol. The van der Waals surface area contributed by atoms with Crippen LogP contribution >= 0.6 is 10.7 Å². The largest absolute Gasteiger partial charge is 0.352 e. The molecule has 114 valence electrons. The van der Waals surface area contributed by atoms with Crippen molar-refractivity contribution in [2.45, 2.75) is 57.6 Å². The van der Waals surface area contributed by atoms with Crippen LogP contribution in [0.25, 0.3) is 0 Å². The molecule has 1 rings (SSSR count). The first-order chi connectivity index (χ1) is 9.31. The van der Waals surface area contributed by atoms with E-state index >= 15 is 0 Å². The fourth-order valence-corrected chi connectivity index (χ4v) is 2.58. The lowest BCUT2D eigenvalue weighted by Crippen LogP contribution is -2.36. The van der Waals surface area contributed by atoms with Gasteiger partial charge in [-0.2, -0.15) is 0 Å². The van der Waals surface area contributed by atoms with Crippen molar-refractivity contribution in [3.8, 4) is 0 Å². The van der Waals surface area contributed by atoms with Crippen molar-refractivity contribution in [1.82, 2.24) is 14.9 Å². The first kappa shape index (κ1) is 17.0. The first-order valence-electron chi connectivity index (χ1n) is 6.61. The number of hydrogen-bond donors (Lipinski definition) is 1. The maximum atomic E-state index is 11.9. The van der Waals surface area contributed by atoms with Gasteiger partial charge in [0, 0.05) is 29.3 Å². The fourth-order valence-electron chi connectivity index (χ4n) is 1.89. The molecule has 1 heterocycles. The van der Waals surface area contributed by atoms with E-state index in [1.165, 1.54) is 10.8 Å². The third-order valence-electron chi connectivity index (χ3n) is 3.07. The van der Waals surface area contributed by atoms with Crippen molar-refractivity contribution < 1.29 is 13.2 Å². The standard InChI is InChI=1S/C12H20ClN3O3S/c1-4-9(5-2)14-11(17)7-16-8-12(20(13,18)19)15-10(16)6-3/h8-9H,4-7H2,1-3H3,(H,14,17). The molecule has 0 aromatic carbocycles. The van der Waals surface area contributed by atoms with Crippen LogP contribution in [-0.2, 0) is 26.8 Å². The zero-order chi connectivity index (χ0) is 15.3. The smallest absolute Gasteiger partial charge is 0.280 e. The summed E-state index contributed by atoms with van der Waals surface area (Å²) in [5, 5.41) is 2.68. The van der Waals surface area contributed by atoms with Gasteiger partial charge >= 0.3 is 0 Å². The zero-order valence-corrected chi connectivity index (χ0v) is 13.5. The molecule has 0 atom stereocenters. The van der Waals surface area contributed by atoms with E-state index in [0.717, 1.165) is 12.8 Å². The number of halogens is 1. The summed E-state index contributed by atoms with van der Waals surface area (Å²) < 4.78 is 24.0. The van der Waals surface area contributed by atoms with Gasteiger partial charge in [0.15, 0.2) is 5.03 Å². The van der Waals surface area contributed by atoms with E-state index in [1.807, 2.05) is 20.8 Å². The summed E-state index contributed by atoms with van der Waals surface area (Å²) in [6.45, 7) is 5.88. The quantitative estimate of drug-likeness (QED) is 0.775. The Hall–Kier alpha value is -1.08. The Morgan fingerprint density at radius 2 is 2.00 bits per heavy atom. The van der Waals surface area contributed by atoms with E-state index in [1.54, 1.807) is 0 Å². The Bertz CT molecular complexity index is 565. The molecule has 1 amide bonds. The highest BCUT2D eigenvalue weighted by Gasteiger charge is 2.18. The summed E-state index contributed by atoms with van der Waals surface area (Å²) in [6.07, 6.45) is 3.53. The van der Waals surface area contributed by atoms with Crippen molar-refractivity contribution in [2.75, 3.05) is 0 Å². The van der Waals surface area contributed by atoms with E-state index in [4.69, 9.17) is 10.7 Å². The average molecular weight is 322 g/mol. The van der Waals surface area contributed by atoms with Gasteiger partial charge in [0.1, 0.15) is 12.4 Å². The Labute approximate surface area is 123 Å². The highest BCUT2D eigenvalue weighted by Crippen LogP contribution is 2.14. The predicted molar refractivity (Wildman–Crippen MR) is 77.2 cm³/mol. The van der Waals surface area contributed by atoms with Crippen molar-refractivity contribution >= 4 is 25.6 Å². The number of imidazole rings is 1. The molecule has 0 aliphatic heterocycles. The molecule has 0 fully saturated rings. The van der Waals surface area contributed by atoms with E-state index < -0.39 is 9.05 Å². The molecule has 20 heavy (non-hydrogen) atoms. The molecule has 0 spiro atoms. The Morgan fingerprint density at radius 3 is 2.45 bits per heavy atom. The van der Waals surface area contributed by atoms with Gasteiger partial charge in [0.25, 0.3) is 9.05 Å². The summed E-state index contributed by atoms with van der Waals surface area (Å²) in [5.74, 6) is 0.355. The number of nitrogens with one attached hydrogen (secondary N) is 1. The second-order valence-electron chi connectivity index (χ2n) is 4.50. The lowest BCUT2D eigenvalue weighted by Gasteiger charge is -2.15. The average Bonchev–Trinajstić information content (AvgIpc) is 2.78. The maximum Gasteiger partial charge on any atom is 0.280 e. The van der Waals surface area contributed by atoms with Gasteiger partial charge in [-0.15, -0.1) is 0 Å². The lowest BCUT2D eigenvalue weighted by molar-refractivity contribution is -0.122. The van der Waals surface area contributed by atoms with Gasteiger partial charge < -0.3 is 9.88 Å². The number of nitrogens with zero attached hydrogens (tertiary/aromatic N) is 2. The maximum absolute atomic E-state index is 11.9. The van der Waals surface area contributed by atoms with Crippen LogP contribution in [0.4, 0.5) is 0 Å². The SMILES string of the molecule is CCc1nc(S(=O)(=O)Cl)cn1CC(=O)NC(CC)CC. The molecule has 0 bridgehead atoms. The first-order valence-corrected chi connectivity index (χ1v) is 8.92. The van der Waals surface area contributed by atoms with Crippen molar-refractivity contribution in [3.63, 3.8) is 0 Å². The topological polar surface area (TPSA) is 81.1 Å². The summed E-state index contributed by atoms with van der Waals surface area (Å²) in [5.41, 5.74) is 0. The monoisotopic (exact) mass is 321 g/mol. The number of amides is 1. The zero-order valence-electron chi connectivity index (χ0n) is 11.9. The molecule has 8 heteroatoms. The van der Waals surface area contributed by atoms with Crippen LogP contribution in [0.5, 0.6) is 0 Å². The number of hydrogen-bond acceptors (Lipinski definition) is 4. The Morgan fingerprint density at radius 1 is 1.40 bits per heavy atom. The van der Waals surface area contributed by atoms with Crippen LogP contribution in [0, 0.1) is 0 Å². The summed E-state index contributed by atoms with van der Waals surface area (Å²) >= 11 is 0. The molecule has 0 unspecified atom stereocenters. The van der Waals surface area contributed by atoms with Crippen LogP contribution in [-0.4, -0.2) is 29.9 Å². The third kappa shape index (κ3) is 4.49. The number of aromatic nitrogens is 2. The highest BCUT2D eigenvalue weighted by molar-refractivity contribution is 8.13. The summed E-state index contributed by atoms with van der Waals surface area (Å²) in [6, 6.07) is 0.132. The van der Waals surface area contributed by atoms with Gasteiger partial charge in [-0.05, 0) is 12.8 Å². The van der Waals surface area contributed by atoms with E-state index in [9.17, 15) is 13.2 Å². The van der Waals surface area contributed by atoms with Gasteiger partial charge in [0.2, 0.25) is 5.91 Å². The summed E-state index contributed by atoms with van der Waals surface area (Å²) in [7, 11) is 1.39. The molecular formula is C12H20ClN3O3S.